The first-order valence-electron chi connectivity index (χ1n) is 4.65. The van der Waals surface area contributed by atoms with Crippen molar-refractivity contribution >= 4 is 17.4 Å². The Morgan fingerprint density at radius 2 is 2.27 bits per heavy atom. The Morgan fingerprint density at radius 3 is 2.93 bits per heavy atom. The van der Waals surface area contributed by atoms with Crippen molar-refractivity contribution in [3.63, 3.8) is 0 Å². The summed E-state index contributed by atoms with van der Waals surface area (Å²) in [5, 5.41) is 0.564. The van der Waals surface area contributed by atoms with Crippen LogP contribution in [0, 0.1) is 0 Å². The normalized spacial score (nSPS) is 12.7. The molecule has 4 nitrogen and oxygen atoms in total. The predicted octanol–water partition coefficient (Wildman–Crippen LogP) is 1.87. The van der Waals surface area contributed by atoms with Crippen LogP contribution in [0.1, 0.15) is 12.6 Å². The quantitative estimate of drug-likeness (QED) is 0.839. The van der Waals surface area contributed by atoms with Crippen molar-refractivity contribution in [2.45, 2.75) is 19.6 Å². The molecule has 1 heterocycles. The lowest BCUT2D eigenvalue weighted by molar-refractivity contribution is -0.00129. The Bertz CT molecular complexity index is 320. The molecule has 0 aliphatic carbocycles. The molecule has 2 N–H and O–H groups in total. The maximum atomic E-state index is 5.93. The molecule has 0 aliphatic heterocycles. The summed E-state index contributed by atoms with van der Waals surface area (Å²) < 4.78 is 10.4. The van der Waals surface area contributed by atoms with E-state index in [1.54, 1.807) is 19.2 Å². The molecule has 0 aliphatic rings. The Hall–Kier alpha value is -0.840. The molecule has 1 rings (SSSR count). The van der Waals surface area contributed by atoms with E-state index in [0.717, 1.165) is 0 Å². The highest BCUT2D eigenvalue weighted by atomic mass is 35.5. The predicted molar refractivity (Wildman–Crippen MR) is 59.8 cm³/mol. The molecule has 0 bridgehead atoms. The number of ether oxygens (including phenoxy) is 2. The van der Waals surface area contributed by atoms with Crippen molar-refractivity contribution in [2.24, 2.45) is 0 Å². The average Bonchev–Trinajstić information content (AvgIpc) is 2.20. The van der Waals surface area contributed by atoms with Gasteiger partial charge in [-0.05, 0) is 19.1 Å². The summed E-state index contributed by atoms with van der Waals surface area (Å²) in [5.74, 6) is 0.442. The van der Waals surface area contributed by atoms with E-state index in [9.17, 15) is 0 Å². The summed E-state index contributed by atoms with van der Waals surface area (Å²) in [6.07, 6.45) is 0.00861. The highest BCUT2D eigenvalue weighted by Crippen LogP contribution is 2.16. The van der Waals surface area contributed by atoms with Gasteiger partial charge in [0.05, 0.1) is 30.0 Å². The fraction of sp³-hybridized carbons (Fsp3) is 0.500. The molecular formula is C10H15ClN2O2. The Morgan fingerprint density at radius 1 is 1.53 bits per heavy atom. The monoisotopic (exact) mass is 230 g/mol. The van der Waals surface area contributed by atoms with Crippen molar-refractivity contribution in [2.75, 3.05) is 19.5 Å². The minimum Gasteiger partial charge on any atom is -0.384 e. The number of halogens is 1. The van der Waals surface area contributed by atoms with Gasteiger partial charge in [0.1, 0.15) is 5.82 Å². The lowest BCUT2D eigenvalue weighted by atomic mass is 10.3. The van der Waals surface area contributed by atoms with Gasteiger partial charge >= 0.3 is 0 Å². The van der Waals surface area contributed by atoms with Gasteiger partial charge < -0.3 is 15.2 Å². The minimum atomic E-state index is 0.00861. The third kappa shape index (κ3) is 4.03. The summed E-state index contributed by atoms with van der Waals surface area (Å²) in [6.45, 7) is 2.80. The van der Waals surface area contributed by atoms with Crippen molar-refractivity contribution in [3.05, 3.63) is 22.8 Å². The standard InChI is InChI=1S/C10H15ClN2O2/c1-7(5-14-2)15-6-9-8(11)3-4-10(12)13-9/h3-4,7H,5-6H2,1-2H3,(H2,12,13). The van der Waals surface area contributed by atoms with Crippen molar-refractivity contribution in [1.29, 1.82) is 0 Å². The van der Waals surface area contributed by atoms with E-state index in [2.05, 4.69) is 4.98 Å². The van der Waals surface area contributed by atoms with Crippen LogP contribution < -0.4 is 5.73 Å². The van der Waals surface area contributed by atoms with E-state index in [0.29, 0.717) is 29.7 Å². The molecule has 0 aromatic carbocycles. The van der Waals surface area contributed by atoms with Crippen LogP contribution in [0.15, 0.2) is 12.1 Å². The topological polar surface area (TPSA) is 57.4 Å². The van der Waals surface area contributed by atoms with E-state index < -0.39 is 0 Å². The SMILES string of the molecule is COCC(C)OCc1nc(N)ccc1Cl. The highest BCUT2D eigenvalue weighted by Gasteiger charge is 2.06. The van der Waals surface area contributed by atoms with Gasteiger partial charge in [-0.1, -0.05) is 11.6 Å². The summed E-state index contributed by atoms with van der Waals surface area (Å²) in [6, 6.07) is 3.37. The number of hydrogen-bond donors (Lipinski definition) is 1. The van der Waals surface area contributed by atoms with Crippen LogP contribution in [0.3, 0.4) is 0 Å². The molecule has 84 valence electrons. The van der Waals surface area contributed by atoms with Crippen molar-refractivity contribution < 1.29 is 9.47 Å². The third-order valence-corrected chi connectivity index (χ3v) is 2.19. The number of nitrogens with two attached hydrogens (primary N) is 1. The van der Waals surface area contributed by atoms with Crippen LogP contribution >= 0.6 is 11.6 Å². The fourth-order valence-corrected chi connectivity index (χ4v) is 1.27. The first-order chi connectivity index (χ1) is 7.13. The van der Waals surface area contributed by atoms with Gasteiger partial charge in [0.15, 0.2) is 0 Å². The maximum Gasteiger partial charge on any atom is 0.123 e. The van der Waals surface area contributed by atoms with E-state index in [-0.39, 0.29) is 6.10 Å². The van der Waals surface area contributed by atoms with Crippen LogP contribution in [-0.2, 0) is 16.1 Å². The van der Waals surface area contributed by atoms with Crippen molar-refractivity contribution in [3.8, 4) is 0 Å². The van der Waals surface area contributed by atoms with Gasteiger partial charge in [-0.25, -0.2) is 4.98 Å². The molecule has 0 fully saturated rings. The van der Waals surface area contributed by atoms with Gasteiger partial charge in [-0.15, -0.1) is 0 Å². The summed E-state index contributed by atoms with van der Waals surface area (Å²) in [4.78, 5) is 4.08. The Labute approximate surface area is 94.3 Å². The second-order valence-corrected chi connectivity index (χ2v) is 3.65. The molecular weight excluding hydrogens is 216 g/mol. The number of aromatic nitrogens is 1. The molecule has 0 radical (unpaired) electrons. The number of pyridine rings is 1. The first-order valence-corrected chi connectivity index (χ1v) is 5.02. The summed E-state index contributed by atoms with van der Waals surface area (Å²) in [7, 11) is 1.63. The van der Waals surface area contributed by atoms with E-state index >= 15 is 0 Å². The highest BCUT2D eigenvalue weighted by molar-refractivity contribution is 6.31. The number of anilines is 1. The van der Waals surface area contributed by atoms with Gasteiger partial charge in [0, 0.05) is 7.11 Å². The molecule has 1 unspecified atom stereocenters. The maximum absolute atomic E-state index is 5.93. The van der Waals surface area contributed by atoms with Crippen LogP contribution in [-0.4, -0.2) is 24.8 Å². The molecule has 5 heteroatoms. The number of rotatable bonds is 5. The first kappa shape index (κ1) is 12.2. The Balaban J connectivity index is 2.53. The summed E-state index contributed by atoms with van der Waals surface area (Å²) >= 11 is 5.93. The molecule has 15 heavy (non-hydrogen) atoms. The van der Waals surface area contributed by atoms with Crippen LogP contribution in [0.5, 0.6) is 0 Å². The third-order valence-electron chi connectivity index (χ3n) is 1.85. The summed E-state index contributed by atoms with van der Waals surface area (Å²) in [5.41, 5.74) is 6.19. The number of nitrogen functional groups attached to an aromatic ring is 1. The van der Waals surface area contributed by atoms with Gasteiger partial charge in [-0.2, -0.15) is 0 Å². The van der Waals surface area contributed by atoms with Crippen LogP contribution in [0.4, 0.5) is 5.82 Å². The smallest absolute Gasteiger partial charge is 0.123 e. The van der Waals surface area contributed by atoms with Crippen molar-refractivity contribution in [1.82, 2.24) is 4.98 Å². The second-order valence-electron chi connectivity index (χ2n) is 3.24. The molecule has 0 spiro atoms. The lowest BCUT2D eigenvalue weighted by Gasteiger charge is -2.12. The Kier molecular flexibility index (Phi) is 4.81. The van der Waals surface area contributed by atoms with Gasteiger partial charge in [-0.3, -0.25) is 0 Å². The zero-order valence-electron chi connectivity index (χ0n) is 8.87. The van der Waals surface area contributed by atoms with E-state index in [1.165, 1.54) is 0 Å². The largest absolute Gasteiger partial charge is 0.384 e. The van der Waals surface area contributed by atoms with Crippen LogP contribution in [0.25, 0.3) is 0 Å². The molecule has 0 amide bonds. The number of nitrogens with zero attached hydrogens (tertiary/aromatic N) is 1. The van der Waals surface area contributed by atoms with E-state index in [4.69, 9.17) is 26.8 Å². The number of methoxy groups -OCH3 is 1. The zero-order valence-corrected chi connectivity index (χ0v) is 9.62. The molecule has 1 atom stereocenters. The lowest BCUT2D eigenvalue weighted by Crippen LogP contribution is -2.15. The number of hydrogen-bond acceptors (Lipinski definition) is 4. The average molecular weight is 231 g/mol. The molecule has 1 aromatic heterocycles. The molecule has 1 aromatic rings. The minimum absolute atomic E-state index is 0.00861. The fourth-order valence-electron chi connectivity index (χ4n) is 1.11. The van der Waals surface area contributed by atoms with Gasteiger partial charge in [0.2, 0.25) is 0 Å². The second kappa shape index (κ2) is 5.90. The van der Waals surface area contributed by atoms with Gasteiger partial charge in [0.25, 0.3) is 0 Å². The zero-order chi connectivity index (χ0) is 11.3. The van der Waals surface area contributed by atoms with E-state index in [1.807, 2.05) is 6.92 Å². The molecule has 0 saturated heterocycles. The molecule has 0 saturated carbocycles. The van der Waals surface area contributed by atoms with Crippen LogP contribution in [0.2, 0.25) is 5.02 Å².